The molecule has 0 saturated carbocycles. The number of nitrogen functional groups attached to an aromatic ring is 1. The molecule has 0 aromatic heterocycles. The number of ether oxygens (including phenoxy) is 2. The zero-order chi connectivity index (χ0) is 24.0. The van der Waals surface area contributed by atoms with Crippen LogP contribution in [0.15, 0.2) is 30.3 Å². The summed E-state index contributed by atoms with van der Waals surface area (Å²) in [7, 11) is 1.46. The molecule has 3 rings (SSSR count). The zero-order valence-corrected chi connectivity index (χ0v) is 19.1. The second-order valence-corrected chi connectivity index (χ2v) is 8.48. The molecule has 2 aromatic carbocycles. The Kier molecular flexibility index (Phi) is 8.71. The van der Waals surface area contributed by atoms with Crippen molar-refractivity contribution in [1.82, 2.24) is 10.2 Å². The minimum absolute atomic E-state index is 0.0208. The number of amides is 1. The average molecular weight is 484 g/mol. The van der Waals surface area contributed by atoms with Crippen LogP contribution in [-0.4, -0.2) is 61.9 Å². The Bertz CT molecular complexity index is 971. The van der Waals surface area contributed by atoms with Crippen molar-refractivity contribution in [2.24, 2.45) is 5.92 Å². The Morgan fingerprint density at radius 2 is 2.00 bits per heavy atom. The number of aliphatic hydroxyl groups is 1. The van der Waals surface area contributed by atoms with E-state index in [1.54, 1.807) is 0 Å². The highest BCUT2D eigenvalue weighted by Crippen LogP contribution is 2.29. The number of aliphatic hydroxyl groups excluding tert-OH is 1. The van der Waals surface area contributed by atoms with Gasteiger partial charge in [-0.2, -0.15) is 0 Å². The van der Waals surface area contributed by atoms with Crippen LogP contribution in [0.3, 0.4) is 0 Å². The van der Waals surface area contributed by atoms with Gasteiger partial charge in [0, 0.05) is 25.2 Å². The number of nitrogens with two attached hydrogens (primary N) is 1. The third-order valence-electron chi connectivity index (χ3n) is 5.62. The number of carbonyl (C=O) groups excluding carboxylic acids is 1. The lowest BCUT2D eigenvalue weighted by atomic mass is 9.96. The fraction of sp³-hybridized carbons (Fsp3) is 0.435. The van der Waals surface area contributed by atoms with E-state index in [1.165, 1.54) is 25.3 Å². The van der Waals surface area contributed by atoms with Crippen molar-refractivity contribution in [3.63, 3.8) is 0 Å². The Morgan fingerprint density at radius 3 is 2.67 bits per heavy atom. The van der Waals surface area contributed by atoms with Crippen molar-refractivity contribution in [2.75, 3.05) is 45.6 Å². The predicted molar refractivity (Wildman–Crippen MR) is 122 cm³/mol. The first-order valence-electron chi connectivity index (χ1n) is 10.7. The monoisotopic (exact) mass is 483 g/mol. The number of piperidine rings is 1. The number of hydrogen-bond donors (Lipinski definition) is 3. The second-order valence-electron chi connectivity index (χ2n) is 8.07. The Hall–Kier alpha value is -2.62. The highest BCUT2D eigenvalue weighted by molar-refractivity contribution is 6.33. The molecule has 33 heavy (non-hydrogen) atoms. The number of halogens is 3. The molecule has 180 valence electrons. The topological polar surface area (TPSA) is 97.0 Å². The van der Waals surface area contributed by atoms with Crippen LogP contribution in [0, 0.1) is 17.6 Å². The van der Waals surface area contributed by atoms with Crippen LogP contribution < -0.4 is 20.5 Å². The second kappa shape index (κ2) is 11.5. The lowest BCUT2D eigenvalue weighted by Crippen LogP contribution is -2.42. The van der Waals surface area contributed by atoms with E-state index in [0.717, 1.165) is 38.1 Å². The molecule has 10 heteroatoms. The summed E-state index contributed by atoms with van der Waals surface area (Å²) in [6, 6.07) is 6.28. The van der Waals surface area contributed by atoms with Gasteiger partial charge in [0.15, 0.2) is 11.6 Å². The third kappa shape index (κ3) is 6.93. The van der Waals surface area contributed by atoms with Crippen molar-refractivity contribution >= 4 is 23.2 Å². The summed E-state index contributed by atoms with van der Waals surface area (Å²) in [5.74, 6) is -1.38. The number of methoxy groups -OCH3 is 1. The molecule has 1 aliphatic heterocycles. The van der Waals surface area contributed by atoms with Crippen LogP contribution in [0.2, 0.25) is 5.02 Å². The van der Waals surface area contributed by atoms with Gasteiger partial charge in [0.05, 0.1) is 23.4 Å². The summed E-state index contributed by atoms with van der Waals surface area (Å²) in [5, 5.41) is 13.4. The summed E-state index contributed by atoms with van der Waals surface area (Å²) < 4.78 is 36.8. The summed E-state index contributed by atoms with van der Waals surface area (Å²) in [4.78, 5) is 14.7. The number of anilines is 1. The minimum Gasteiger partial charge on any atom is -0.496 e. The lowest BCUT2D eigenvalue weighted by molar-refractivity contribution is 0.0547. The van der Waals surface area contributed by atoms with Crippen molar-refractivity contribution in [2.45, 2.75) is 18.9 Å². The maximum atomic E-state index is 13.2. The number of carbonyl (C=O) groups is 1. The fourth-order valence-electron chi connectivity index (χ4n) is 3.73. The minimum atomic E-state index is -0.992. The third-order valence-corrected chi connectivity index (χ3v) is 5.95. The molecule has 1 atom stereocenters. The van der Waals surface area contributed by atoms with Gasteiger partial charge in [0.2, 0.25) is 0 Å². The molecule has 0 radical (unpaired) electrons. The maximum Gasteiger partial charge on any atom is 0.255 e. The Balaban J connectivity index is 1.39. The number of likely N-dealkylation sites (tertiary alicyclic amines) is 1. The Labute approximate surface area is 196 Å². The first kappa shape index (κ1) is 25.0. The normalized spacial score (nSPS) is 15.8. The summed E-state index contributed by atoms with van der Waals surface area (Å²) in [5.41, 5.74) is 6.43. The van der Waals surface area contributed by atoms with E-state index in [4.69, 9.17) is 26.8 Å². The van der Waals surface area contributed by atoms with E-state index in [2.05, 4.69) is 10.2 Å². The van der Waals surface area contributed by atoms with Gasteiger partial charge in [0.1, 0.15) is 24.2 Å². The molecular weight excluding hydrogens is 456 g/mol. The van der Waals surface area contributed by atoms with Crippen LogP contribution >= 0.6 is 11.6 Å². The SMILES string of the molecule is COc1cc(N)c(Cl)cc1C(=O)NCC1CCN(CC(O)COc2ccc(F)c(F)c2)CC1. The number of hydrogen-bond acceptors (Lipinski definition) is 6. The van der Waals surface area contributed by atoms with E-state index in [0.29, 0.717) is 41.0 Å². The number of nitrogens with one attached hydrogen (secondary N) is 1. The Morgan fingerprint density at radius 1 is 1.27 bits per heavy atom. The van der Waals surface area contributed by atoms with E-state index in [9.17, 15) is 18.7 Å². The first-order chi connectivity index (χ1) is 15.8. The van der Waals surface area contributed by atoms with Crippen molar-refractivity contribution in [3.05, 3.63) is 52.6 Å². The molecule has 1 unspecified atom stereocenters. The highest BCUT2D eigenvalue weighted by Gasteiger charge is 2.23. The number of β-amino-alcohol motifs (C(OH)–C–C–N with tert-alkyl or cyclic N) is 1. The van der Waals surface area contributed by atoms with E-state index >= 15 is 0 Å². The number of benzene rings is 2. The van der Waals surface area contributed by atoms with Crippen LogP contribution in [-0.2, 0) is 0 Å². The van der Waals surface area contributed by atoms with Gasteiger partial charge in [0.25, 0.3) is 5.91 Å². The van der Waals surface area contributed by atoms with E-state index < -0.39 is 17.7 Å². The number of rotatable bonds is 9. The van der Waals surface area contributed by atoms with Crippen molar-refractivity contribution in [1.29, 1.82) is 0 Å². The molecule has 1 heterocycles. The van der Waals surface area contributed by atoms with Gasteiger partial charge in [-0.1, -0.05) is 11.6 Å². The van der Waals surface area contributed by atoms with Gasteiger partial charge in [-0.05, 0) is 50.0 Å². The maximum absolute atomic E-state index is 13.2. The molecule has 1 saturated heterocycles. The van der Waals surface area contributed by atoms with E-state index in [1.807, 2.05) is 0 Å². The van der Waals surface area contributed by atoms with Crippen LogP contribution in [0.25, 0.3) is 0 Å². The summed E-state index contributed by atoms with van der Waals surface area (Å²) in [6.07, 6.45) is 0.949. The van der Waals surface area contributed by atoms with E-state index in [-0.39, 0.29) is 18.3 Å². The molecule has 0 spiro atoms. The molecule has 1 aliphatic rings. The molecule has 0 bridgehead atoms. The fourth-order valence-corrected chi connectivity index (χ4v) is 3.89. The smallest absolute Gasteiger partial charge is 0.255 e. The van der Waals surface area contributed by atoms with Gasteiger partial charge >= 0.3 is 0 Å². The lowest BCUT2D eigenvalue weighted by Gasteiger charge is -2.33. The average Bonchev–Trinajstić information content (AvgIpc) is 2.80. The molecule has 7 nitrogen and oxygen atoms in total. The largest absolute Gasteiger partial charge is 0.496 e. The summed E-state index contributed by atoms with van der Waals surface area (Å²) >= 11 is 6.04. The van der Waals surface area contributed by atoms with Crippen LogP contribution in [0.4, 0.5) is 14.5 Å². The molecule has 0 aliphatic carbocycles. The van der Waals surface area contributed by atoms with Crippen LogP contribution in [0.5, 0.6) is 11.5 Å². The van der Waals surface area contributed by atoms with Crippen molar-refractivity contribution in [3.8, 4) is 11.5 Å². The molecular formula is C23H28ClF2N3O4. The van der Waals surface area contributed by atoms with Gasteiger partial charge < -0.3 is 30.5 Å². The van der Waals surface area contributed by atoms with Crippen LogP contribution in [0.1, 0.15) is 23.2 Å². The quantitative estimate of drug-likeness (QED) is 0.474. The zero-order valence-electron chi connectivity index (χ0n) is 18.3. The molecule has 1 fully saturated rings. The molecule has 2 aromatic rings. The highest BCUT2D eigenvalue weighted by atomic mass is 35.5. The van der Waals surface area contributed by atoms with Crippen molar-refractivity contribution < 1.29 is 28.2 Å². The predicted octanol–water partition coefficient (Wildman–Crippen LogP) is 3.09. The molecule has 4 N–H and O–H groups in total. The molecule has 1 amide bonds. The summed E-state index contributed by atoms with van der Waals surface area (Å²) in [6.45, 7) is 2.43. The standard InChI is InChI=1S/C23H28ClF2N3O4/c1-32-22-10-21(27)18(24)9-17(22)23(31)28-11-14-4-6-29(7-5-14)12-15(30)13-33-16-2-3-19(25)20(26)8-16/h2-3,8-10,14-15,30H,4-7,11-13,27H2,1H3,(H,28,31). The first-order valence-corrected chi connectivity index (χ1v) is 11.0. The van der Waals surface area contributed by atoms with Gasteiger partial charge in [-0.3, -0.25) is 4.79 Å². The van der Waals surface area contributed by atoms with Gasteiger partial charge in [-0.25, -0.2) is 8.78 Å². The van der Waals surface area contributed by atoms with Gasteiger partial charge in [-0.15, -0.1) is 0 Å². The number of nitrogens with zero attached hydrogens (tertiary/aromatic N) is 1.